The van der Waals surface area contributed by atoms with Crippen LogP contribution in [-0.2, 0) is 9.59 Å². The molecule has 0 radical (unpaired) electrons. The summed E-state index contributed by atoms with van der Waals surface area (Å²) >= 11 is 0. The second-order valence-electron chi connectivity index (χ2n) is 9.02. The number of quaternary nitrogens is 1. The average molecular weight is 401 g/mol. The molecule has 2 N–H and O–H groups in total. The maximum Gasteiger partial charge on any atom is 0.279 e. The van der Waals surface area contributed by atoms with Gasteiger partial charge >= 0.3 is 0 Å². The number of hydrogen-bond acceptors (Lipinski definition) is 2. The Bertz CT molecular complexity index is 669. The standard InChI is InChI=1S/C24H37N3O2/c1-19-8-6-9-20(2)24(19)25-22(28)18-26-14-16-27(17-15-26)23(29)13-7-12-21-10-4-3-5-11-21/h6,8-9,21H,3-5,7,10-18H2,1-2H3,(H,25,28)/p+1. The summed E-state index contributed by atoms with van der Waals surface area (Å²) in [5.41, 5.74) is 3.12. The van der Waals surface area contributed by atoms with Crippen LogP contribution in [-0.4, -0.2) is 49.4 Å². The number of nitrogens with one attached hydrogen (secondary N) is 2. The molecular weight excluding hydrogens is 362 g/mol. The summed E-state index contributed by atoms with van der Waals surface area (Å²) in [6.45, 7) is 7.77. The number of rotatable bonds is 7. The van der Waals surface area contributed by atoms with Crippen molar-refractivity contribution < 1.29 is 14.5 Å². The quantitative estimate of drug-likeness (QED) is 0.739. The Hall–Kier alpha value is -1.88. The zero-order valence-corrected chi connectivity index (χ0v) is 18.3. The summed E-state index contributed by atoms with van der Waals surface area (Å²) in [6.07, 6.45) is 9.81. The molecule has 1 aliphatic carbocycles. The van der Waals surface area contributed by atoms with E-state index in [1.54, 1.807) is 0 Å². The summed E-state index contributed by atoms with van der Waals surface area (Å²) < 4.78 is 0. The third-order valence-corrected chi connectivity index (χ3v) is 6.71. The Morgan fingerprint density at radius 2 is 1.72 bits per heavy atom. The second-order valence-corrected chi connectivity index (χ2v) is 9.02. The lowest BCUT2D eigenvalue weighted by atomic mass is 9.86. The zero-order valence-electron chi connectivity index (χ0n) is 18.3. The van der Waals surface area contributed by atoms with Gasteiger partial charge in [-0.25, -0.2) is 0 Å². The highest BCUT2D eigenvalue weighted by Gasteiger charge is 2.25. The fourth-order valence-corrected chi connectivity index (χ4v) is 4.85. The van der Waals surface area contributed by atoms with Crippen molar-refractivity contribution in [1.82, 2.24) is 4.90 Å². The molecule has 0 spiro atoms. The lowest BCUT2D eigenvalue weighted by Crippen LogP contribution is -3.15. The summed E-state index contributed by atoms with van der Waals surface area (Å²) in [4.78, 5) is 28.3. The lowest BCUT2D eigenvalue weighted by Gasteiger charge is -2.32. The van der Waals surface area contributed by atoms with Crippen LogP contribution in [0.15, 0.2) is 18.2 Å². The number of benzene rings is 1. The van der Waals surface area contributed by atoms with Crippen LogP contribution in [0.3, 0.4) is 0 Å². The molecule has 2 fully saturated rings. The first-order valence-corrected chi connectivity index (χ1v) is 11.5. The Morgan fingerprint density at radius 1 is 1.07 bits per heavy atom. The van der Waals surface area contributed by atoms with E-state index in [9.17, 15) is 9.59 Å². The molecular formula is C24H38N3O2+. The molecule has 0 bridgehead atoms. The van der Waals surface area contributed by atoms with E-state index in [-0.39, 0.29) is 5.91 Å². The number of aryl methyl sites for hydroxylation is 2. The molecule has 160 valence electrons. The van der Waals surface area contributed by atoms with E-state index in [0.717, 1.165) is 55.3 Å². The van der Waals surface area contributed by atoms with Gasteiger partial charge in [-0.3, -0.25) is 9.59 Å². The van der Waals surface area contributed by atoms with Crippen LogP contribution in [0, 0.1) is 19.8 Å². The van der Waals surface area contributed by atoms with Gasteiger partial charge in [0.05, 0.1) is 26.2 Å². The average Bonchev–Trinajstić information content (AvgIpc) is 2.72. The number of piperazine rings is 1. The Morgan fingerprint density at radius 3 is 2.38 bits per heavy atom. The van der Waals surface area contributed by atoms with Crippen molar-refractivity contribution in [3.8, 4) is 0 Å². The lowest BCUT2D eigenvalue weighted by molar-refractivity contribution is -0.895. The molecule has 29 heavy (non-hydrogen) atoms. The number of para-hydroxylation sites is 1. The van der Waals surface area contributed by atoms with Gasteiger partial charge in [-0.1, -0.05) is 50.3 Å². The van der Waals surface area contributed by atoms with Crippen molar-refractivity contribution in [3.05, 3.63) is 29.3 Å². The fraction of sp³-hybridized carbons (Fsp3) is 0.667. The van der Waals surface area contributed by atoms with Gasteiger partial charge in [-0.15, -0.1) is 0 Å². The second kappa shape index (κ2) is 10.8. The molecule has 0 unspecified atom stereocenters. The van der Waals surface area contributed by atoms with Crippen LogP contribution in [0.25, 0.3) is 0 Å². The highest BCUT2D eigenvalue weighted by molar-refractivity contribution is 5.93. The van der Waals surface area contributed by atoms with Crippen molar-refractivity contribution in [2.24, 2.45) is 5.92 Å². The predicted octanol–water partition coefficient (Wildman–Crippen LogP) is 2.72. The summed E-state index contributed by atoms with van der Waals surface area (Å²) in [5, 5.41) is 3.08. The number of nitrogens with zero attached hydrogens (tertiary/aromatic N) is 1. The third kappa shape index (κ3) is 6.56. The van der Waals surface area contributed by atoms with E-state index in [1.807, 2.05) is 36.9 Å². The molecule has 3 rings (SSSR count). The SMILES string of the molecule is Cc1cccc(C)c1NC(=O)C[NH+]1CCN(C(=O)CCCC2CCCCC2)CC1. The molecule has 0 aromatic heterocycles. The largest absolute Gasteiger partial charge is 0.331 e. The molecule has 2 amide bonds. The maximum atomic E-state index is 12.5. The molecule has 1 aliphatic heterocycles. The minimum absolute atomic E-state index is 0.0599. The van der Waals surface area contributed by atoms with Crippen molar-refractivity contribution in [2.75, 3.05) is 38.0 Å². The Labute approximate surface area is 175 Å². The van der Waals surface area contributed by atoms with Crippen LogP contribution in [0.4, 0.5) is 5.69 Å². The minimum Gasteiger partial charge on any atom is -0.331 e. The van der Waals surface area contributed by atoms with Gasteiger partial charge in [0.2, 0.25) is 5.91 Å². The molecule has 5 heteroatoms. The first kappa shape index (κ1) is 21.8. The van der Waals surface area contributed by atoms with E-state index in [2.05, 4.69) is 5.32 Å². The highest BCUT2D eigenvalue weighted by atomic mass is 16.2. The van der Waals surface area contributed by atoms with E-state index < -0.39 is 0 Å². The van der Waals surface area contributed by atoms with Gasteiger partial charge in [0.25, 0.3) is 5.91 Å². The van der Waals surface area contributed by atoms with E-state index in [0.29, 0.717) is 18.9 Å². The molecule has 0 atom stereocenters. The van der Waals surface area contributed by atoms with Gasteiger partial charge in [0.15, 0.2) is 6.54 Å². The monoisotopic (exact) mass is 400 g/mol. The summed E-state index contributed by atoms with van der Waals surface area (Å²) in [7, 11) is 0. The molecule has 5 nitrogen and oxygen atoms in total. The van der Waals surface area contributed by atoms with Gasteiger partial charge in [0, 0.05) is 12.1 Å². The topological polar surface area (TPSA) is 53.9 Å². The molecule has 1 saturated heterocycles. The van der Waals surface area contributed by atoms with Gasteiger partial charge in [-0.2, -0.15) is 0 Å². The molecule has 1 heterocycles. The van der Waals surface area contributed by atoms with Crippen molar-refractivity contribution in [1.29, 1.82) is 0 Å². The first-order chi connectivity index (χ1) is 14.0. The highest BCUT2D eigenvalue weighted by Crippen LogP contribution is 2.27. The van der Waals surface area contributed by atoms with Crippen LogP contribution in [0.5, 0.6) is 0 Å². The van der Waals surface area contributed by atoms with Crippen LogP contribution >= 0.6 is 0 Å². The number of amides is 2. The van der Waals surface area contributed by atoms with Crippen molar-refractivity contribution in [2.45, 2.75) is 65.2 Å². The van der Waals surface area contributed by atoms with Gasteiger partial charge in [0.1, 0.15) is 0 Å². The van der Waals surface area contributed by atoms with E-state index in [4.69, 9.17) is 0 Å². The number of carbonyl (C=O) groups excluding carboxylic acids is 2. The molecule has 1 aromatic carbocycles. The molecule has 1 aromatic rings. The van der Waals surface area contributed by atoms with Crippen LogP contribution in [0.2, 0.25) is 0 Å². The fourth-order valence-electron chi connectivity index (χ4n) is 4.85. The third-order valence-electron chi connectivity index (χ3n) is 6.71. The van der Waals surface area contributed by atoms with E-state index in [1.165, 1.54) is 43.4 Å². The molecule has 1 saturated carbocycles. The van der Waals surface area contributed by atoms with Crippen LogP contribution < -0.4 is 10.2 Å². The van der Waals surface area contributed by atoms with Gasteiger partial charge in [-0.05, 0) is 43.7 Å². The van der Waals surface area contributed by atoms with Gasteiger partial charge < -0.3 is 15.1 Å². The van der Waals surface area contributed by atoms with E-state index >= 15 is 0 Å². The first-order valence-electron chi connectivity index (χ1n) is 11.5. The Balaban J connectivity index is 1.35. The summed E-state index contributed by atoms with van der Waals surface area (Å²) in [6, 6.07) is 6.05. The Kier molecular flexibility index (Phi) is 8.10. The number of anilines is 1. The predicted molar refractivity (Wildman–Crippen MR) is 117 cm³/mol. The van der Waals surface area contributed by atoms with Crippen molar-refractivity contribution >= 4 is 17.5 Å². The maximum absolute atomic E-state index is 12.5. The van der Waals surface area contributed by atoms with Crippen LogP contribution in [0.1, 0.15) is 62.5 Å². The minimum atomic E-state index is 0.0599. The summed E-state index contributed by atoms with van der Waals surface area (Å²) in [5.74, 6) is 1.22. The number of hydrogen-bond donors (Lipinski definition) is 2. The molecule has 2 aliphatic rings. The zero-order chi connectivity index (χ0) is 20.6. The number of carbonyl (C=O) groups is 2. The van der Waals surface area contributed by atoms with Crippen molar-refractivity contribution in [3.63, 3.8) is 0 Å². The smallest absolute Gasteiger partial charge is 0.279 e. The normalized spacial score (nSPS) is 18.6.